The number of carbonyl (C=O) groups is 3. The van der Waals surface area contributed by atoms with E-state index in [4.69, 9.17) is 14.2 Å². The van der Waals surface area contributed by atoms with E-state index in [-0.39, 0.29) is 40.6 Å². The fourth-order valence-electron chi connectivity index (χ4n) is 7.31. The number of fused-ring (bicyclic) bond motifs is 2. The molecular weight excluding hydrogens is 684 g/mol. The van der Waals surface area contributed by atoms with E-state index in [0.717, 1.165) is 30.7 Å². The van der Waals surface area contributed by atoms with Crippen LogP contribution >= 0.6 is 0 Å². The van der Waals surface area contributed by atoms with Crippen molar-refractivity contribution in [1.29, 1.82) is 0 Å². The van der Waals surface area contributed by atoms with Gasteiger partial charge in [0.15, 0.2) is 11.6 Å². The zero-order valence-electron chi connectivity index (χ0n) is 28.5. The quantitative estimate of drug-likeness (QED) is 0.219. The van der Waals surface area contributed by atoms with Crippen molar-refractivity contribution < 1.29 is 54.6 Å². The maximum absolute atomic E-state index is 15.2. The number of carbonyl (C=O) groups excluding carboxylic acids is 3. The van der Waals surface area contributed by atoms with Crippen molar-refractivity contribution in [1.82, 2.24) is 5.32 Å². The van der Waals surface area contributed by atoms with E-state index in [0.29, 0.717) is 38.5 Å². The third kappa shape index (κ3) is 7.71. The maximum atomic E-state index is 15.2. The van der Waals surface area contributed by atoms with Gasteiger partial charge in [-0.2, -0.15) is 13.2 Å². The predicted octanol–water partition coefficient (Wildman–Crippen LogP) is 6.58. The van der Waals surface area contributed by atoms with Gasteiger partial charge in [0, 0.05) is 17.8 Å². The van der Waals surface area contributed by atoms with Crippen LogP contribution in [-0.2, 0) is 24.2 Å². The number of sulfone groups is 1. The van der Waals surface area contributed by atoms with E-state index in [1.54, 1.807) is 20.8 Å². The molecule has 0 radical (unpaired) electrons. The summed E-state index contributed by atoms with van der Waals surface area (Å²) in [5.41, 5.74) is -7.00. The first-order valence-corrected chi connectivity index (χ1v) is 18.0. The third-order valence-electron chi connectivity index (χ3n) is 9.95. The van der Waals surface area contributed by atoms with Crippen LogP contribution in [0, 0.1) is 29.0 Å². The normalized spacial score (nSPS) is 26.6. The van der Waals surface area contributed by atoms with Crippen molar-refractivity contribution in [3.8, 4) is 11.5 Å². The van der Waals surface area contributed by atoms with Gasteiger partial charge in [0.1, 0.15) is 11.4 Å². The molecule has 5 rings (SSSR count). The Hall–Kier alpha value is -3.88. The summed E-state index contributed by atoms with van der Waals surface area (Å²) in [6.07, 6.45) is 3.48. The molecule has 0 unspecified atom stereocenters. The third-order valence-corrected chi connectivity index (χ3v) is 11.4. The van der Waals surface area contributed by atoms with Crippen LogP contribution in [0.4, 0.5) is 23.2 Å². The average Bonchev–Trinajstić information content (AvgIpc) is 3.64. The molecule has 0 aromatic heterocycles. The van der Waals surface area contributed by atoms with Crippen molar-refractivity contribution in [2.75, 3.05) is 12.4 Å². The van der Waals surface area contributed by atoms with Gasteiger partial charge in [0.25, 0.3) is 15.7 Å². The summed E-state index contributed by atoms with van der Waals surface area (Å²) in [5, 5.41) is 5.45. The molecule has 2 amide bonds. The van der Waals surface area contributed by atoms with Crippen LogP contribution in [0.15, 0.2) is 41.3 Å². The molecular formula is C35H42F4N2O8S. The SMILES string of the molecule is COc1cc(F)c(O[C@H]2CC[C@@](C)(C(=O)OC(C)(C)C)CC2)cc1C(=O)N[C@@H]1[C@H]2CC[C@H](C2)[C@@H]1C(=O)Nc1cccc(S(=O)(=O)C(F)(F)F)c1. The maximum Gasteiger partial charge on any atom is 0.501 e. The first kappa shape index (κ1) is 37.4. The standard InChI is InChI=1S/C35H42F4N2O8S/c1-33(2,3)49-32(44)34(4)13-11-22(12-14-34)48-27-17-24(26(47-5)18-25(27)36)30(42)41-29-20-10-9-19(15-20)28(29)31(43)40-21-7-6-8-23(16-21)50(45,46)35(37,38)39/h6-8,16-20,22,28-29H,9-15H2,1-5H3,(H,40,43)(H,41,42)/t19-,20+,22-,28+,29-,34+/m1/s1. The lowest BCUT2D eigenvalue weighted by atomic mass is 9.74. The number of nitrogens with one attached hydrogen (secondary N) is 2. The van der Waals surface area contributed by atoms with E-state index in [1.807, 2.05) is 6.92 Å². The van der Waals surface area contributed by atoms with Gasteiger partial charge < -0.3 is 24.8 Å². The van der Waals surface area contributed by atoms with Gasteiger partial charge >= 0.3 is 11.5 Å². The summed E-state index contributed by atoms with van der Waals surface area (Å²) in [7, 11) is -4.35. The summed E-state index contributed by atoms with van der Waals surface area (Å²) in [6, 6.07) is 5.56. The number of ether oxygens (including phenoxy) is 3. The summed E-state index contributed by atoms with van der Waals surface area (Å²) in [5.74, 6) is -3.43. The molecule has 2 bridgehead atoms. The first-order valence-electron chi connectivity index (χ1n) is 16.5. The number of alkyl halides is 3. The fourth-order valence-corrected chi connectivity index (χ4v) is 8.12. The molecule has 0 spiro atoms. The number of methoxy groups -OCH3 is 1. The Bertz CT molecular complexity index is 1750. The summed E-state index contributed by atoms with van der Waals surface area (Å²) < 4.78 is 95.3. The lowest BCUT2D eigenvalue weighted by molar-refractivity contribution is -0.169. The highest BCUT2D eigenvalue weighted by Crippen LogP contribution is 2.49. The van der Waals surface area contributed by atoms with E-state index >= 15 is 4.39 Å². The molecule has 0 heterocycles. The van der Waals surface area contributed by atoms with Crippen molar-refractivity contribution in [2.45, 2.75) is 101 Å². The smallest absolute Gasteiger partial charge is 0.496 e. The number of esters is 1. The van der Waals surface area contributed by atoms with E-state index in [2.05, 4.69) is 10.6 Å². The molecule has 4 atom stereocenters. The van der Waals surface area contributed by atoms with Gasteiger partial charge in [0.05, 0.1) is 35.0 Å². The molecule has 50 heavy (non-hydrogen) atoms. The molecule has 2 N–H and O–H groups in total. The topological polar surface area (TPSA) is 137 Å². The van der Waals surface area contributed by atoms with Crippen LogP contribution < -0.4 is 20.1 Å². The largest absolute Gasteiger partial charge is 0.501 e. The molecule has 274 valence electrons. The number of hydrogen-bond acceptors (Lipinski definition) is 8. The van der Waals surface area contributed by atoms with Crippen molar-refractivity contribution in [3.63, 3.8) is 0 Å². The van der Waals surface area contributed by atoms with Gasteiger partial charge in [-0.3, -0.25) is 14.4 Å². The van der Waals surface area contributed by atoms with Crippen molar-refractivity contribution >= 4 is 33.3 Å². The Balaban J connectivity index is 1.29. The second kappa shape index (κ2) is 13.7. The highest BCUT2D eigenvalue weighted by atomic mass is 32.2. The van der Waals surface area contributed by atoms with Crippen LogP contribution in [0.25, 0.3) is 0 Å². The Morgan fingerprint density at radius 2 is 1.60 bits per heavy atom. The van der Waals surface area contributed by atoms with E-state index in [1.165, 1.54) is 19.2 Å². The Morgan fingerprint density at radius 1 is 0.940 bits per heavy atom. The number of halogens is 4. The number of anilines is 1. The summed E-state index contributed by atoms with van der Waals surface area (Å²) >= 11 is 0. The Kier molecular flexibility index (Phi) is 10.2. The molecule has 15 heteroatoms. The van der Waals surface area contributed by atoms with Gasteiger partial charge in [0.2, 0.25) is 5.91 Å². The fraction of sp³-hybridized carbons (Fsp3) is 0.571. The van der Waals surface area contributed by atoms with Crippen molar-refractivity contribution in [3.05, 3.63) is 47.8 Å². The van der Waals surface area contributed by atoms with Crippen LogP contribution in [-0.4, -0.2) is 56.6 Å². The van der Waals surface area contributed by atoms with Crippen LogP contribution in [0.3, 0.4) is 0 Å². The van der Waals surface area contributed by atoms with Gasteiger partial charge in [-0.05, 0) is 109 Å². The molecule has 0 aliphatic heterocycles. The second-order valence-electron chi connectivity index (χ2n) is 14.7. The average molecular weight is 727 g/mol. The second-order valence-corrected chi connectivity index (χ2v) is 16.6. The van der Waals surface area contributed by atoms with Crippen LogP contribution in [0.5, 0.6) is 11.5 Å². The Morgan fingerprint density at radius 3 is 2.22 bits per heavy atom. The highest BCUT2D eigenvalue weighted by molar-refractivity contribution is 7.92. The molecule has 3 fully saturated rings. The molecule has 2 aromatic rings. The summed E-state index contributed by atoms with van der Waals surface area (Å²) in [4.78, 5) is 39.1. The zero-order valence-corrected chi connectivity index (χ0v) is 29.3. The minimum Gasteiger partial charge on any atom is -0.496 e. The predicted molar refractivity (Wildman–Crippen MR) is 174 cm³/mol. The minimum atomic E-state index is -5.63. The van der Waals surface area contributed by atoms with Crippen LogP contribution in [0.1, 0.15) is 83.0 Å². The molecule has 3 aliphatic rings. The number of amides is 2. The molecule has 2 aromatic carbocycles. The van der Waals surface area contributed by atoms with Crippen LogP contribution in [0.2, 0.25) is 0 Å². The molecule has 3 aliphatic carbocycles. The summed E-state index contributed by atoms with van der Waals surface area (Å²) in [6.45, 7) is 7.24. The first-order chi connectivity index (χ1) is 23.2. The minimum absolute atomic E-state index is 0.0229. The monoisotopic (exact) mass is 726 g/mol. The molecule has 0 saturated heterocycles. The van der Waals surface area contributed by atoms with Gasteiger partial charge in [-0.25, -0.2) is 12.8 Å². The number of hydrogen-bond donors (Lipinski definition) is 2. The van der Waals surface area contributed by atoms with Gasteiger partial charge in [-0.1, -0.05) is 6.07 Å². The Labute approximate surface area is 288 Å². The lowest BCUT2D eigenvalue weighted by Gasteiger charge is -2.37. The molecule has 3 saturated carbocycles. The number of rotatable bonds is 9. The van der Waals surface area contributed by atoms with E-state index in [9.17, 15) is 36.0 Å². The van der Waals surface area contributed by atoms with E-state index < -0.39 is 67.0 Å². The van der Waals surface area contributed by atoms with Crippen molar-refractivity contribution in [2.24, 2.45) is 23.2 Å². The lowest BCUT2D eigenvalue weighted by Crippen LogP contribution is -2.48. The van der Waals surface area contributed by atoms with Gasteiger partial charge in [-0.15, -0.1) is 0 Å². The zero-order chi connectivity index (χ0) is 36.8. The molecule has 10 nitrogen and oxygen atoms in total. The number of benzene rings is 2. The highest BCUT2D eigenvalue weighted by Gasteiger charge is 2.52.